The summed E-state index contributed by atoms with van der Waals surface area (Å²) in [5.74, 6) is 0. The quantitative estimate of drug-likeness (QED) is 0.790. The Bertz CT molecular complexity index is 701. The molecule has 0 spiro atoms. The molecule has 0 radical (unpaired) electrons. The van der Waals surface area contributed by atoms with Gasteiger partial charge in [-0.1, -0.05) is 18.2 Å². The van der Waals surface area contributed by atoms with Crippen molar-refractivity contribution in [2.24, 2.45) is 0 Å². The summed E-state index contributed by atoms with van der Waals surface area (Å²) in [5.41, 5.74) is 4.23. The Balaban J connectivity index is 1.75. The molecule has 2 heterocycles. The van der Waals surface area contributed by atoms with Crippen LogP contribution in [0.2, 0.25) is 0 Å². The summed E-state index contributed by atoms with van der Waals surface area (Å²) < 4.78 is 1.89. The molecule has 0 fully saturated rings. The number of pyridine rings is 1. The molecule has 1 atom stereocenters. The highest BCUT2D eigenvalue weighted by Gasteiger charge is 2.09. The molecule has 0 aliphatic rings. The Morgan fingerprint density at radius 2 is 1.86 bits per heavy atom. The van der Waals surface area contributed by atoms with Crippen molar-refractivity contribution in [1.82, 2.24) is 14.8 Å². The predicted octanol–water partition coefficient (Wildman–Crippen LogP) is 3.75. The van der Waals surface area contributed by atoms with Crippen LogP contribution in [0.3, 0.4) is 0 Å². The van der Waals surface area contributed by atoms with Crippen molar-refractivity contribution in [3.05, 3.63) is 72.3 Å². The molecule has 0 aliphatic carbocycles. The minimum absolute atomic E-state index is 0.173. The van der Waals surface area contributed by atoms with Gasteiger partial charge >= 0.3 is 0 Å². The number of aromatic nitrogens is 3. The average Bonchev–Trinajstić information content (AvgIpc) is 3.00. The fourth-order valence-electron chi connectivity index (χ4n) is 2.17. The van der Waals surface area contributed by atoms with Crippen LogP contribution in [0.4, 0.5) is 5.69 Å². The number of nitrogens with one attached hydrogen (secondary N) is 1. The Morgan fingerprint density at radius 3 is 2.57 bits per heavy atom. The summed E-state index contributed by atoms with van der Waals surface area (Å²) in [6.45, 7) is 4.10. The summed E-state index contributed by atoms with van der Waals surface area (Å²) in [6, 6.07) is 14.3. The number of aryl methyl sites for hydroxylation is 1. The van der Waals surface area contributed by atoms with E-state index in [-0.39, 0.29) is 6.04 Å². The SMILES string of the molecule is Cc1ccc(NC(C)c2cnn(-c3ccccc3)c2)cn1. The lowest BCUT2D eigenvalue weighted by molar-refractivity contribution is 0.867. The molecule has 21 heavy (non-hydrogen) atoms. The monoisotopic (exact) mass is 278 g/mol. The fraction of sp³-hybridized carbons (Fsp3) is 0.176. The molecule has 2 aromatic heterocycles. The molecule has 1 aromatic carbocycles. The minimum atomic E-state index is 0.173. The molecule has 1 N–H and O–H groups in total. The Morgan fingerprint density at radius 1 is 1.05 bits per heavy atom. The maximum absolute atomic E-state index is 4.42. The zero-order valence-corrected chi connectivity index (χ0v) is 12.2. The molecule has 0 bridgehead atoms. The number of nitrogens with zero attached hydrogens (tertiary/aromatic N) is 3. The van der Waals surface area contributed by atoms with E-state index in [0.29, 0.717) is 0 Å². The van der Waals surface area contributed by atoms with Gasteiger partial charge < -0.3 is 5.32 Å². The lowest BCUT2D eigenvalue weighted by Gasteiger charge is -2.13. The van der Waals surface area contributed by atoms with Crippen molar-refractivity contribution < 1.29 is 0 Å². The molecule has 3 rings (SSSR count). The molecule has 1 unspecified atom stereocenters. The molecule has 4 nitrogen and oxygen atoms in total. The number of hydrogen-bond acceptors (Lipinski definition) is 3. The Hall–Kier alpha value is -2.62. The van der Waals surface area contributed by atoms with E-state index in [4.69, 9.17) is 0 Å². The lowest BCUT2D eigenvalue weighted by Crippen LogP contribution is -2.06. The molecule has 0 aliphatic heterocycles. The number of benzene rings is 1. The second kappa shape index (κ2) is 5.79. The van der Waals surface area contributed by atoms with Crippen LogP contribution in [0.1, 0.15) is 24.2 Å². The normalized spacial score (nSPS) is 12.1. The smallest absolute Gasteiger partial charge is 0.0645 e. The van der Waals surface area contributed by atoms with Crippen molar-refractivity contribution in [3.8, 4) is 5.69 Å². The van der Waals surface area contributed by atoms with Crippen LogP contribution in [0, 0.1) is 6.92 Å². The van der Waals surface area contributed by atoms with E-state index in [9.17, 15) is 0 Å². The van der Waals surface area contributed by atoms with E-state index in [1.54, 1.807) is 0 Å². The van der Waals surface area contributed by atoms with E-state index in [0.717, 1.165) is 22.6 Å². The van der Waals surface area contributed by atoms with Gasteiger partial charge in [0.25, 0.3) is 0 Å². The third kappa shape index (κ3) is 3.11. The van der Waals surface area contributed by atoms with Gasteiger partial charge in [-0.2, -0.15) is 5.10 Å². The van der Waals surface area contributed by atoms with Crippen molar-refractivity contribution in [3.63, 3.8) is 0 Å². The molecule has 106 valence electrons. The van der Waals surface area contributed by atoms with Crippen molar-refractivity contribution >= 4 is 5.69 Å². The van der Waals surface area contributed by atoms with Gasteiger partial charge in [0.05, 0.1) is 29.8 Å². The predicted molar refractivity (Wildman–Crippen MR) is 84.6 cm³/mol. The van der Waals surface area contributed by atoms with E-state index >= 15 is 0 Å². The summed E-state index contributed by atoms with van der Waals surface area (Å²) in [7, 11) is 0. The van der Waals surface area contributed by atoms with Gasteiger partial charge in [-0.05, 0) is 38.1 Å². The molecule has 0 saturated heterocycles. The zero-order chi connectivity index (χ0) is 14.7. The molecule has 3 aromatic rings. The topological polar surface area (TPSA) is 42.7 Å². The maximum Gasteiger partial charge on any atom is 0.0645 e. The largest absolute Gasteiger partial charge is 0.377 e. The Kier molecular flexibility index (Phi) is 3.69. The first-order chi connectivity index (χ1) is 10.2. The molecule has 0 amide bonds. The van der Waals surface area contributed by atoms with Crippen LogP contribution in [0.5, 0.6) is 0 Å². The van der Waals surface area contributed by atoms with Gasteiger partial charge in [0.15, 0.2) is 0 Å². The van der Waals surface area contributed by atoms with Crippen molar-refractivity contribution in [2.75, 3.05) is 5.32 Å². The van der Waals surface area contributed by atoms with Crippen LogP contribution < -0.4 is 5.32 Å². The van der Waals surface area contributed by atoms with Crippen LogP contribution in [0.15, 0.2) is 61.1 Å². The van der Waals surface area contributed by atoms with Crippen LogP contribution >= 0.6 is 0 Å². The average molecular weight is 278 g/mol. The second-order valence-electron chi connectivity index (χ2n) is 5.11. The van der Waals surface area contributed by atoms with E-state index in [1.807, 2.05) is 66.5 Å². The highest BCUT2D eigenvalue weighted by molar-refractivity contribution is 5.43. The van der Waals surface area contributed by atoms with Gasteiger partial charge in [-0.15, -0.1) is 0 Å². The van der Waals surface area contributed by atoms with Gasteiger partial charge in [0.1, 0.15) is 0 Å². The highest BCUT2D eigenvalue weighted by atomic mass is 15.3. The number of rotatable bonds is 4. The van der Waals surface area contributed by atoms with Crippen LogP contribution in [-0.4, -0.2) is 14.8 Å². The first-order valence-electron chi connectivity index (χ1n) is 7.01. The zero-order valence-electron chi connectivity index (χ0n) is 12.2. The molecule has 0 saturated carbocycles. The highest BCUT2D eigenvalue weighted by Crippen LogP contribution is 2.19. The van der Waals surface area contributed by atoms with Gasteiger partial charge in [-0.25, -0.2) is 4.68 Å². The number of hydrogen-bond donors (Lipinski definition) is 1. The Labute approximate surface area is 124 Å². The lowest BCUT2D eigenvalue weighted by atomic mass is 10.2. The third-order valence-corrected chi connectivity index (χ3v) is 3.42. The summed E-state index contributed by atoms with van der Waals surface area (Å²) in [5, 5.41) is 7.86. The van der Waals surface area contributed by atoms with Crippen molar-refractivity contribution in [2.45, 2.75) is 19.9 Å². The third-order valence-electron chi connectivity index (χ3n) is 3.42. The summed E-state index contributed by atoms with van der Waals surface area (Å²) >= 11 is 0. The number of anilines is 1. The van der Waals surface area contributed by atoms with Gasteiger partial charge in [-0.3, -0.25) is 4.98 Å². The summed E-state index contributed by atoms with van der Waals surface area (Å²) in [6.07, 6.45) is 5.80. The first kappa shape index (κ1) is 13.4. The molecular formula is C17H18N4. The standard InChI is InChI=1S/C17H18N4/c1-13-8-9-16(11-18-13)20-14(2)15-10-19-21(12-15)17-6-4-3-5-7-17/h3-12,14,20H,1-2H3. The summed E-state index contributed by atoms with van der Waals surface area (Å²) in [4.78, 5) is 4.30. The number of para-hydroxylation sites is 1. The van der Waals surface area contributed by atoms with E-state index in [2.05, 4.69) is 28.5 Å². The first-order valence-corrected chi connectivity index (χ1v) is 7.01. The molecular weight excluding hydrogens is 260 g/mol. The van der Waals surface area contributed by atoms with Crippen LogP contribution in [-0.2, 0) is 0 Å². The maximum atomic E-state index is 4.42. The second-order valence-corrected chi connectivity index (χ2v) is 5.11. The van der Waals surface area contributed by atoms with E-state index < -0.39 is 0 Å². The van der Waals surface area contributed by atoms with Gasteiger partial charge in [0.2, 0.25) is 0 Å². The molecule has 4 heteroatoms. The fourth-order valence-corrected chi connectivity index (χ4v) is 2.17. The van der Waals surface area contributed by atoms with Crippen molar-refractivity contribution in [1.29, 1.82) is 0 Å². The van der Waals surface area contributed by atoms with E-state index in [1.165, 1.54) is 0 Å². The van der Waals surface area contributed by atoms with Gasteiger partial charge in [0, 0.05) is 17.5 Å². The minimum Gasteiger partial charge on any atom is -0.377 e. The van der Waals surface area contributed by atoms with Crippen LogP contribution in [0.25, 0.3) is 5.69 Å².